The summed E-state index contributed by atoms with van der Waals surface area (Å²) in [5, 5.41) is 3.39. The largest absolute Gasteiger partial charge is 0.486 e. The van der Waals surface area contributed by atoms with Crippen LogP contribution in [-0.4, -0.2) is 19.8 Å². The molecule has 1 aliphatic rings. The van der Waals surface area contributed by atoms with E-state index in [4.69, 9.17) is 13.9 Å². The van der Waals surface area contributed by atoms with Crippen LogP contribution < -0.4 is 14.8 Å². The van der Waals surface area contributed by atoms with Gasteiger partial charge in [0.05, 0.1) is 6.26 Å². The Morgan fingerprint density at radius 1 is 1.05 bits per heavy atom. The number of hydrogen-bond acceptors (Lipinski definition) is 4. The molecule has 2 aromatic rings. The highest BCUT2D eigenvalue weighted by Gasteiger charge is 2.11. The first kappa shape index (κ1) is 12.1. The predicted molar refractivity (Wildman–Crippen MR) is 71.6 cm³/mol. The van der Waals surface area contributed by atoms with Crippen LogP contribution in [0.5, 0.6) is 11.5 Å². The van der Waals surface area contributed by atoms with Crippen molar-refractivity contribution in [1.29, 1.82) is 0 Å². The minimum Gasteiger partial charge on any atom is -0.486 e. The Kier molecular flexibility index (Phi) is 3.70. The Bertz CT molecular complexity index is 522. The molecule has 0 unspecified atom stereocenters. The lowest BCUT2D eigenvalue weighted by molar-refractivity contribution is 0.171. The summed E-state index contributed by atoms with van der Waals surface area (Å²) in [6.45, 7) is 2.97. The maximum Gasteiger partial charge on any atom is 0.161 e. The summed E-state index contributed by atoms with van der Waals surface area (Å²) in [7, 11) is 0. The SMILES string of the molecule is c1coc(CCNCc2ccc3c(c2)OCCO3)c1. The summed E-state index contributed by atoms with van der Waals surface area (Å²) in [4.78, 5) is 0. The highest BCUT2D eigenvalue weighted by Crippen LogP contribution is 2.30. The van der Waals surface area contributed by atoms with E-state index in [-0.39, 0.29) is 0 Å². The van der Waals surface area contributed by atoms with Crippen LogP contribution in [0.15, 0.2) is 41.0 Å². The molecule has 0 amide bonds. The fourth-order valence-electron chi connectivity index (χ4n) is 2.10. The number of nitrogens with one attached hydrogen (secondary N) is 1. The average Bonchev–Trinajstić information content (AvgIpc) is 2.97. The third-order valence-electron chi connectivity index (χ3n) is 3.06. The summed E-state index contributed by atoms with van der Waals surface area (Å²) >= 11 is 0. The molecule has 0 fully saturated rings. The van der Waals surface area contributed by atoms with Crippen molar-refractivity contribution >= 4 is 0 Å². The Balaban J connectivity index is 1.50. The van der Waals surface area contributed by atoms with Gasteiger partial charge in [-0.25, -0.2) is 0 Å². The fourth-order valence-corrected chi connectivity index (χ4v) is 2.10. The second-order valence-corrected chi connectivity index (χ2v) is 4.48. The van der Waals surface area contributed by atoms with Crippen LogP contribution in [0.4, 0.5) is 0 Å². The van der Waals surface area contributed by atoms with E-state index in [9.17, 15) is 0 Å². The van der Waals surface area contributed by atoms with Crippen LogP contribution in [0.25, 0.3) is 0 Å². The third-order valence-corrected chi connectivity index (χ3v) is 3.06. The summed E-state index contributed by atoms with van der Waals surface area (Å²) < 4.78 is 16.3. The van der Waals surface area contributed by atoms with Gasteiger partial charge in [0.25, 0.3) is 0 Å². The molecule has 19 heavy (non-hydrogen) atoms. The van der Waals surface area contributed by atoms with E-state index in [1.165, 1.54) is 5.56 Å². The zero-order chi connectivity index (χ0) is 12.9. The van der Waals surface area contributed by atoms with Crippen molar-refractivity contribution in [3.8, 4) is 11.5 Å². The highest BCUT2D eigenvalue weighted by molar-refractivity contribution is 5.43. The molecule has 3 rings (SSSR count). The summed E-state index contributed by atoms with van der Waals surface area (Å²) in [6.07, 6.45) is 2.60. The zero-order valence-corrected chi connectivity index (χ0v) is 10.7. The molecule has 100 valence electrons. The number of furan rings is 1. The van der Waals surface area contributed by atoms with Gasteiger partial charge in [0, 0.05) is 19.5 Å². The lowest BCUT2D eigenvalue weighted by Gasteiger charge is -2.18. The van der Waals surface area contributed by atoms with Crippen LogP contribution in [-0.2, 0) is 13.0 Å². The van der Waals surface area contributed by atoms with Gasteiger partial charge >= 0.3 is 0 Å². The molecule has 1 aliphatic heterocycles. The fraction of sp³-hybridized carbons (Fsp3) is 0.333. The van der Waals surface area contributed by atoms with Crippen molar-refractivity contribution in [2.75, 3.05) is 19.8 Å². The van der Waals surface area contributed by atoms with Crippen molar-refractivity contribution in [1.82, 2.24) is 5.32 Å². The van der Waals surface area contributed by atoms with Gasteiger partial charge < -0.3 is 19.2 Å². The zero-order valence-electron chi connectivity index (χ0n) is 10.7. The van der Waals surface area contributed by atoms with E-state index >= 15 is 0 Å². The van der Waals surface area contributed by atoms with Gasteiger partial charge in [-0.2, -0.15) is 0 Å². The Labute approximate surface area is 112 Å². The Morgan fingerprint density at radius 3 is 2.79 bits per heavy atom. The minimum absolute atomic E-state index is 0.627. The number of fused-ring (bicyclic) bond motifs is 1. The lowest BCUT2D eigenvalue weighted by atomic mass is 10.2. The topological polar surface area (TPSA) is 43.6 Å². The molecule has 0 atom stereocenters. The number of rotatable bonds is 5. The summed E-state index contributed by atoms with van der Waals surface area (Å²) in [6, 6.07) is 9.97. The molecule has 4 heteroatoms. The van der Waals surface area contributed by atoms with Gasteiger partial charge in [0.1, 0.15) is 19.0 Å². The van der Waals surface area contributed by atoms with Gasteiger partial charge in [-0.15, -0.1) is 0 Å². The maximum atomic E-state index is 5.56. The van der Waals surface area contributed by atoms with Crippen LogP contribution in [0.1, 0.15) is 11.3 Å². The average molecular weight is 259 g/mol. The standard InChI is InChI=1S/C15H17NO3/c1-2-13(17-7-1)5-6-16-11-12-3-4-14-15(10-12)19-9-8-18-14/h1-4,7,10,16H,5-6,8-9,11H2. The number of benzene rings is 1. The van der Waals surface area contributed by atoms with E-state index in [0.29, 0.717) is 13.2 Å². The number of hydrogen-bond donors (Lipinski definition) is 1. The molecule has 0 bridgehead atoms. The summed E-state index contributed by atoms with van der Waals surface area (Å²) in [5.41, 5.74) is 1.20. The molecule has 0 aliphatic carbocycles. The Morgan fingerprint density at radius 2 is 1.95 bits per heavy atom. The summed E-state index contributed by atoms with van der Waals surface area (Å²) in [5.74, 6) is 2.69. The second-order valence-electron chi connectivity index (χ2n) is 4.48. The molecule has 0 saturated carbocycles. The van der Waals surface area contributed by atoms with Crippen molar-refractivity contribution in [2.45, 2.75) is 13.0 Å². The maximum absolute atomic E-state index is 5.56. The quantitative estimate of drug-likeness (QED) is 0.837. The van der Waals surface area contributed by atoms with Crippen molar-refractivity contribution in [3.63, 3.8) is 0 Å². The molecule has 0 radical (unpaired) electrons. The van der Waals surface area contributed by atoms with Gasteiger partial charge in [-0.1, -0.05) is 6.07 Å². The van der Waals surface area contributed by atoms with E-state index < -0.39 is 0 Å². The number of ether oxygens (including phenoxy) is 2. The first-order chi connectivity index (χ1) is 9.42. The molecule has 0 spiro atoms. The first-order valence-corrected chi connectivity index (χ1v) is 6.53. The second kappa shape index (κ2) is 5.80. The van der Waals surface area contributed by atoms with Crippen LogP contribution in [0, 0.1) is 0 Å². The molecule has 1 aromatic heterocycles. The molecular formula is C15H17NO3. The lowest BCUT2D eigenvalue weighted by Crippen LogP contribution is -2.18. The van der Waals surface area contributed by atoms with Crippen molar-refractivity contribution in [2.24, 2.45) is 0 Å². The van der Waals surface area contributed by atoms with E-state index in [1.54, 1.807) is 6.26 Å². The van der Waals surface area contributed by atoms with Gasteiger partial charge in [-0.3, -0.25) is 0 Å². The molecule has 1 aromatic carbocycles. The first-order valence-electron chi connectivity index (χ1n) is 6.53. The van der Waals surface area contributed by atoms with Gasteiger partial charge in [0.2, 0.25) is 0 Å². The van der Waals surface area contributed by atoms with Crippen LogP contribution >= 0.6 is 0 Å². The molecule has 4 nitrogen and oxygen atoms in total. The van der Waals surface area contributed by atoms with Crippen molar-refractivity contribution < 1.29 is 13.9 Å². The smallest absolute Gasteiger partial charge is 0.161 e. The van der Waals surface area contributed by atoms with E-state index in [0.717, 1.165) is 36.8 Å². The Hall–Kier alpha value is -1.94. The monoisotopic (exact) mass is 259 g/mol. The minimum atomic E-state index is 0.627. The molecular weight excluding hydrogens is 242 g/mol. The van der Waals surface area contributed by atoms with E-state index in [1.807, 2.05) is 24.3 Å². The molecule has 0 saturated heterocycles. The molecule has 1 N–H and O–H groups in total. The normalized spacial score (nSPS) is 13.5. The van der Waals surface area contributed by atoms with Gasteiger partial charge in [-0.05, 0) is 29.8 Å². The van der Waals surface area contributed by atoms with Crippen molar-refractivity contribution in [3.05, 3.63) is 47.9 Å². The van der Waals surface area contributed by atoms with Gasteiger partial charge in [0.15, 0.2) is 11.5 Å². The third kappa shape index (κ3) is 3.09. The predicted octanol–water partition coefficient (Wildman–Crippen LogP) is 2.38. The molecule has 2 heterocycles. The van der Waals surface area contributed by atoms with Crippen LogP contribution in [0.3, 0.4) is 0 Å². The van der Waals surface area contributed by atoms with Crippen LogP contribution in [0.2, 0.25) is 0 Å². The highest BCUT2D eigenvalue weighted by atomic mass is 16.6. The van der Waals surface area contributed by atoms with E-state index in [2.05, 4.69) is 11.4 Å².